The van der Waals surface area contributed by atoms with Gasteiger partial charge in [0, 0.05) is 24.6 Å². The van der Waals surface area contributed by atoms with Gasteiger partial charge in [0.25, 0.3) is 21.6 Å². The molecule has 14 nitrogen and oxygen atoms in total. The van der Waals surface area contributed by atoms with Crippen LogP contribution in [0.1, 0.15) is 85.0 Å². The van der Waals surface area contributed by atoms with Crippen LogP contribution in [0.4, 0.5) is 10.5 Å². The Balaban J connectivity index is 1.56. The zero-order valence-electron chi connectivity index (χ0n) is 26.5. The van der Waals surface area contributed by atoms with Crippen LogP contribution in [0, 0.1) is 16.0 Å². The molecule has 4 rings (SSSR count). The zero-order chi connectivity index (χ0) is 33.7. The first kappa shape index (κ1) is 34.9. The quantitative estimate of drug-likeness (QED) is 0.241. The minimum atomic E-state index is -4.43. The van der Waals surface area contributed by atoms with E-state index in [1.54, 1.807) is 20.8 Å². The molecule has 2 aliphatic heterocycles. The van der Waals surface area contributed by atoms with Crippen molar-refractivity contribution in [3.8, 4) is 0 Å². The van der Waals surface area contributed by atoms with Gasteiger partial charge in [-0.1, -0.05) is 37.8 Å². The molecule has 1 aromatic rings. The number of hydrogen-bond acceptors (Lipinski definition) is 9. The first-order valence-electron chi connectivity index (χ1n) is 15.7. The van der Waals surface area contributed by atoms with Crippen LogP contribution < -0.4 is 15.4 Å². The molecule has 1 aromatic carbocycles. The number of carbonyl (C=O) groups is 4. The molecule has 2 heterocycles. The smallest absolute Gasteiger partial charge is 0.408 e. The predicted molar refractivity (Wildman–Crippen MR) is 167 cm³/mol. The molecule has 1 saturated heterocycles. The van der Waals surface area contributed by atoms with E-state index in [-0.39, 0.29) is 23.5 Å². The predicted octanol–water partition coefficient (Wildman–Crippen LogP) is 3.46. The largest absolute Gasteiger partial charge is 0.444 e. The SMILES string of the molecule is CC(C)(C)OC(=O)NC1CCCCCCC/C=C\[C@H]2C[C@@]2(C(=O)NS(=O)(=O)c2ccc([N+](=O)[O-])cc2)NC(=O)[C@@H]2CCCN2C1=O. The van der Waals surface area contributed by atoms with Crippen molar-refractivity contribution in [3.63, 3.8) is 0 Å². The Morgan fingerprint density at radius 2 is 1.72 bits per heavy atom. The van der Waals surface area contributed by atoms with Gasteiger partial charge in [-0.2, -0.15) is 0 Å². The van der Waals surface area contributed by atoms with Crippen LogP contribution in [0.3, 0.4) is 0 Å². The van der Waals surface area contributed by atoms with E-state index in [9.17, 15) is 37.7 Å². The Hall–Kier alpha value is -4.01. The number of ether oxygens (including phenoxy) is 1. The number of allylic oxidation sites excluding steroid dienone is 1. The van der Waals surface area contributed by atoms with Crippen molar-refractivity contribution in [1.29, 1.82) is 0 Å². The van der Waals surface area contributed by atoms with Gasteiger partial charge in [0.05, 0.1) is 9.82 Å². The maximum Gasteiger partial charge on any atom is 0.408 e. The van der Waals surface area contributed by atoms with Crippen LogP contribution >= 0.6 is 0 Å². The molecule has 0 radical (unpaired) electrons. The molecular weight excluding hydrogens is 618 g/mol. The van der Waals surface area contributed by atoms with Crippen molar-refractivity contribution in [2.24, 2.45) is 5.92 Å². The van der Waals surface area contributed by atoms with Crippen LogP contribution in [0.25, 0.3) is 0 Å². The standard InChI is InChI=1S/C31H43N5O9S/c1-30(2,3)45-29(40)32-24-13-10-8-6-4-5-7-9-12-21-20-31(21,33-26(37)25-14-11-19-35(25)27(24)38)28(39)34-46(43,44)23-17-15-22(16-18-23)36(41)42/h9,12,15-18,21,24-25H,4-8,10-11,13-14,19-20H2,1-3H3,(H,32,40)(H,33,37)(H,34,39)/b12-9-/t21-,24?,25-,31+/m0/s1. The van der Waals surface area contributed by atoms with Crippen LogP contribution in [-0.2, 0) is 29.1 Å². The Morgan fingerprint density at radius 1 is 1.04 bits per heavy atom. The maximum absolute atomic E-state index is 13.8. The van der Waals surface area contributed by atoms with Crippen LogP contribution in [0.5, 0.6) is 0 Å². The number of nitrogens with one attached hydrogen (secondary N) is 3. The summed E-state index contributed by atoms with van der Waals surface area (Å²) in [5, 5.41) is 16.5. The number of nitrogens with zero attached hydrogens (tertiary/aromatic N) is 2. The Morgan fingerprint density at radius 3 is 2.39 bits per heavy atom. The molecule has 4 atom stereocenters. The molecule has 4 amide bonds. The lowest BCUT2D eigenvalue weighted by Crippen LogP contribution is -2.58. The molecule has 46 heavy (non-hydrogen) atoms. The molecule has 0 bridgehead atoms. The van der Waals surface area contributed by atoms with Crippen LogP contribution in [0.2, 0.25) is 0 Å². The highest BCUT2D eigenvalue weighted by Gasteiger charge is 2.61. The van der Waals surface area contributed by atoms with Gasteiger partial charge in [-0.25, -0.2) is 17.9 Å². The van der Waals surface area contributed by atoms with E-state index in [4.69, 9.17) is 4.74 Å². The summed E-state index contributed by atoms with van der Waals surface area (Å²) in [6, 6.07) is 2.27. The topological polar surface area (TPSA) is 194 Å². The molecule has 3 aliphatic rings. The highest BCUT2D eigenvalue weighted by Crippen LogP contribution is 2.45. The van der Waals surface area contributed by atoms with Crippen LogP contribution in [-0.4, -0.2) is 71.8 Å². The molecule has 0 spiro atoms. The highest BCUT2D eigenvalue weighted by atomic mass is 32.2. The number of nitro groups is 1. The van der Waals surface area contributed by atoms with Gasteiger partial charge in [0.2, 0.25) is 11.8 Å². The van der Waals surface area contributed by atoms with Gasteiger partial charge < -0.3 is 20.3 Å². The maximum atomic E-state index is 13.8. The van der Waals surface area contributed by atoms with Crippen molar-refractivity contribution in [2.45, 2.75) is 113 Å². The lowest BCUT2D eigenvalue weighted by molar-refractivity contribution is -0.384. The number of hydrogen-bond donors (Lipinski definition) is 3. The van der Waals surface area contributed by atoms with E-state index < -0.39 is 67.9 Å². The van der Waals surface area contributed by atoms with Crippen molar-refractivity contribution in [2.75, 3.05) is 6.54 Å². The molecule has 252 valence electrons. The second-order valence-corrected chi connectivity index (χ2v) is 14.8. The summed E-state index contributed by atoms with van der Waals surface area (Å²) in [6.07, 6.45) is 9.46. The molecule has 1 aliphatic carbocycles. The van der Waals surface area contributed by atoms with Gasteiger partial charge in [-0.3, -0.25) is 24.5 Å². The third-order valence-corrected chi connectivity index (χ3v) is 9.76. The van der Waals surface area contributed by atoms with E-state index >= 15 is 0 Å². The summed E-state index contributed by atoms with van der Waals surface area (Å²) in [6.45, 7) is 5.44. The van der Waals surface area contributed by atoms with Crippen molar-refractivity contribution < 1.29 is 37.3 Å². The van der Waals surface area contributed by atoms with Gasteiger partial charge in [0.1, 0.15) is 23.2 Å². The van der Waals surface area contributed by atoms with Gasteiger partial charge >= 0.3 is 6.09 Å². The van der Waals surface area contributed by atoms with Crippen molar-refractivity contribution in [1.82, 2.24) is 20.3 Å². The van der Waals surface area contributed by atoms with E-state index in [0.717, 1.165) is 56.4 Å². The summed E-state index contributed by atoms with van der Waals surface area (Å²) in [5.74, 6) is -2.43. The first-order chi connectivity index (χ1) is 21.6. The summed E-state index contributed by atoms with van der Waals surface area (Å²) in [7, 11) is -4.43. The third-order valence-electron chi connectivity index (χ3n) is 8.41. The number of nitro benzene ring substituents is 1. The highest BCUT2D eigenvalue weighted by molar-refractivity contribution is 7.90. The Bertz CT molecular complexity index is 1470. The summed E-state index contributed by atoms with van der Waals surface area (Å²) < 4.78 is 33.6. The number of fused-ring (bicyclic) bond motifs is 2. The summed E-state index contributed by atoms with van der Waals surface area (Å²) in [5.41, 5.74) is -2.65. The number of sulfonamides is 1. The lowest BCUT2D eigenvalue weighted by atomic mass is 10.0. The van der Waals surface area contributed by atoms with E-state index in [1.165, 1.54) is 4.90 Å². The molecule has 0 aromatic heterocycles. The normalized spacial score (nSPS) is 26.8. The summed E-state index contributed by atoms with van der Waals surface area (Å²) in [4.78, 5) is 65.2. The third kappa shape index (κ3) is 8.62. The fourth-order valence-corrected chi connectivity index (χ4v) is 6.95. The zero-order valence-corrected chi connectivity index (χ0v) is 27.3. The lowest BCUT2D eigenvalue weighted by Gasteiger charge is -2.30. The number of benzene rings is 1. The second kappa shape index (κ2) is 14.2. The minimum absolute atomic E-state index is 0.153. The van der Waals surface area contributed by atoms with E-state index in [2.05, 4.69) is 10.6 Å². The molecule has 15 heteroatoms. The average Bonchev–Trinajstić information content (AvgIpc) is 3.43. The Kier molecular flexibility index (Phi) is 10.7. The Labute approximate surface area is 268 Å². The summed E-state index contributed by atoms with van der Waals surface area (Å²) >= 11 is 0. The number of carbonyl (C=O) groups excluding carboxylic acids is 4. The first-order valence-corrected chi connectivity index (χ1v) is 17.2. The monoisotopic (exact) mass is 661 g/mol. The van der Waals surface area contributed by atoms with Gasteiger partial charge in [-0.15, -0.1) is 0 Å². The number of non-ortho nitro benzene ring substituents is 1. The van der Waals surface area contributed by atoms with Gasteiger partial charge in [0.15, 0.2) is 0 Å². The molecular formula is C31H43N5O9S. The molecule has 1 saturated carbocycles. The number of amides is 4. The fraction of sp³-hybridized carbons (Fsp3) is 0.613. The average molecular weight is 662 g/mol. The minimum Gasteiger partial charge on any atom is -0.444 e. The fourth-order valence-electron chi connectivity index (χ4n) is 5.92. The molecule has 1 unspecified atom stereocenters. The number of alkyl carbamates (subject to hydrolysis) is 1. The molecule has 2 fully saturated rings. The van der Waals surface area contributed by atoms with Gasteiger partial charge in [-0.05, 0) is 71.4 Å². The van der Waals surface area contributed by atoms with Crippen molar-refractivity contribution >= 4 is 39.5 Å². The van der Waals surface area contributed by atoms with Crippen LogP contribution in [0.15, 0.2) is 41.3 Å². The second-order valence-electron chi connectivity index (χ2n) is 13.1. The van der Waals surface area contributed by atoms with E-state index in [1.807, 2.05) is 16.9 Å². The molecule has 3 N–H and O–H groups in total. The van der Waals surface area contributed by atoms with Crippen molar-refractivity contribution in [3.05, 3.63) is 46.5 Å². The number of rotatable bonds is 5. The van der Waals surface area contributed by atoms with E-state index in [0.29, 0.717) is 25.7 Å².